The molecule has 0 bridgehead atoms. The maximum absolute atomic E-state index is 4.60. The van der Waals surface area contributed by atoms with Crippen molar-refractivity contribution in [1.82, 2.24) is 29.8 Å². The summed E-state index contributed by atoms with van der Waals surface area (Å²) in [5.74, 6) is 3.25. The van der Waals surface area contributed by atoms with E-state index in [-0.39, 0.29) is 0 Å². The first-order valence-electron chi connectivity index (χ1n) is 7.65. The van der Waals surface area contributed by atoms with Gasteiger partial charge in [-0.3, -0.25) is 0 Å². The topological polar surface area (TPSA) is 84.1 Å². The molecule has 1 aliphatic rings. The van der Waals surface area contributed by atoms with E-state index < -0.39 is 0 Å². The molecule has 0 atom stereocenters. The number of aryl methyl sites for hydroxylation is 2. The summed E-state index contributed by atoms with van der Waals surface area (Å²) in [7, 11) is 0. The van der Waals surface area contributed by atoms with Crippen LogP contribution in [0.25, 0.3) is 5.65 Å². The zero-order valence-corrected chi connectivity index (χ0v) is 13.1. The standard InChI is InChI=1S/C15H18N8/c1-10-5-13(18-9-17-10)16-6-12-7-22(8-12)15-4-3-14-20-19-11(2)23(14)21-15/h3-5,9,12H,6-8H2,1-2H3,(H,16,17,18). The molecule has 4 rings (SSSR count). The van der Waals surface area contributed by atoms with Crippen LogP contribution in [0.4, 0.5) is 11.6 Å². The van der Waals surface area contributed by atoms with Crippen LogP contribution in [-0.4, -0.2) is 49.4 Å². The molecule has 1 saturated heterocycles. The highest BCUT2D eigenvalue weighted by Crippen LogP contribution is 2.23. The summed E-state index contributed by atoms with van der Waals surface area (Å²) in [6.45, 7) is 6.74. The van der Waals surface area contributed by atoms with Crippen LogP contribution in [-0.2, 0) is 0 Å². The van der Waals surface area contributed by atoms with Crippen LogP contribution in [0, 0.1) is 19.8 Å². The summed E-state index contributed by atoms with van der Waals surface area (Å²) in [5, 5.41) is 16.1. The lowest BCUT2D eigenvalue weighted by molar-refractivity contribution is 0.424. The van der Waals surface area contributed by atoms with Gasteiger partial charge in [0.15, 0.2) is 11.5 Å². The van der Waals surface area contributed by atoms with Crippen LogP contribution >= 0.6 is 0 Å². The molecule has 1 fully saturated rings. The third kappa shape index (κ3) is 2.67. The van der Waals surface area contributed by atoms with Gasteiger partial charge in [0, 0.05) is 37.3 Å². The molecule has 3 aromatic rings. The van der Waals surface area contributed by atoms with Crippen molar-refractivity contribution in [3.63, 3.8) is 0 Å². The van der Waals surface area contributed by atoms with Gasteiger partial charge in [-0.05, 0) is 26.0 Å². The van der Waals surface area contributed by atoms with Crippen molar-refractivity contribution >= 4 is 17.3 Å². The van der Waals surface area contributed by atoms with Crippen LogP contribution in [0.5, 0.6) is 0 Å². The van der Waals surface area contributed by atoms with Gasteiger partial charge in [0.2, 0.25) is 0 Å². The Hall–Kier alpha value is -2.77. The summed E-state index contributed by atoms with van der Waals surface area (Å²) >= 11 is 0. The molecule has 0 aromatic carbocycles. The average Bonchev–Trinajstić information content (AvgIpc) is 2.87. The summed E-state index contributed by atoms with van der Waals surface area (Å²) < 4.78 is 1.78. The highest BCUT2D eigenvalue weighted by atomic mass is 15.4. The van der Waals surface area contributed by atoms with Crippen LogP contribution in [0.15, 0.2) is 24.5 Å². The number of fused-ring (bicyclic) bond motifs is 1. The monoisotopic (exact) mass is 310 g/mol. The second-order valence-corrected chi connectivity index (χ2v) is 5.91. The second-order valence-electron chi connectivity index (χ2n) is 5.91. The molecule has 4 heterocycles. The molecule has 0 unspecified atom stereocenters. The number of hydrogen-bond donors (Lipinski definition) is 1. The molecule has 23 heavy (non-hydrogen) atoms. The van der Waals surface area contributed by atoms with Crippen molar-refractivity contribution < 1.29 is 0 Å². The molecule has 8 nitrogen and oxygen atoms in total. The summed E-state index contributed by atoms with van der Waals surface area (Å²) in [4.78, 5) is 10.6. The first-order valence-corrected chi connectivity index (χ1v) is 7.65. The van der Waals surface area contributed by atoms with Gasteiger partial charge in [0.1, 0.15) is 18.0 Å². The summed E-state index contributed by atoms with van der Waals surface area (Å²) in [6.07, 6.45) is 1.59. The Labute approximate surface area is 133 Å². The minimum Gasteiger partial charge on any atom is -0.370 e. The van der Waals surface area contributed by atoms with E-state index in [4.69, 9.17) is 0 Å². The third-order valence-electron chi connectivity index (χ3n) is 4.06. The highest BCUT2D eigenvalue weighted by Gasteiger charge is 2.28. The van der Waals surface area contributed by atoms with E-state index in [1.807, 2.05) is 32.0 Å². The molecule has 1 N–H and O–H groups in total. The molecule has 0 saturated carbocycles. The van der Waals surface area contributed by atoms with Crippen molar-refractivity contribution in [2.24, 2.45) is 5.92 Å². The zero-order chi connectivity index (χ0) is 15.8. The predicted octanol–water partition coefficient (Wildman–Crippen LogP) is 1.08. The van der Waals surface area contributed by atoms with Gasteiger partial charge in [0.25, 0.3) is 0 Å². The minimum absolute atomic E-state index is 0.588. The Morgan fingerprint density at radius 1 is 1.17 bits per heavy atom. The summed E-state index contributed by atoms with van der Waals surface area (Å²) in [5.41, 5.74) is 1.75. The maximum atomic E-state index is 4.60. The molecule has 3 aromatic heterocycles. The maximum Gasteiger partial charge on any atom is 0.178 e. The lowest BCUT2D eigenvalue weighted by Gasteiger charge is -2.40. The van der Waals surface area contributed by atoms with Crippen molar-refractivity contribution in [3.05, 3.63) is 36.0 Å². The van der Waals surface area contributed by atoms with E-state index in [0.717, 1.165) is 48.4 Å². The van der Waals surface area contributed by atoms with E-state index in [1.54, 1.807) is 10.8 Å². The van der Waals surface area contributed by atoms with E-state index in [9.17, 15) is 0 Å². The normalized spacial score (nSPS) is 15.0. The van der Waals surface area contributed by atoms with Gasteiger partial charge in [-0.15, -0.1) is 15.3 Å². The number of rotatable bonds is 4. The Morgan fingerprint density at radius 3 is 2.87 bits per heavy atom. The quantitative estimate of drug-likeness (QED) is 0.772. The lowest BCUT2D eigenvalue weighted by Crippen LogP contribution is -2.50. The fourth-order valence-electron chi connectivity index (χ4n) is 2.74. The number of hydrogen-bond acceptors (Lipinski definition) is 7. The van der Waals surface area contributed by atoms with Gasteiger partial charge in [0.05, 0.1) is 0 Å². The molecule has 118 valence electrons. The van der Waals surface area contributed by atoms with Crippen LogP contribution in [0.2, 0.25) is 0 Å². The fraction of sp³-hybridized carbons (Fsp3) is 0.400. The lowest BCUT2D eigenvalue weighted by atomic mass is 10.0. The van der Waals surface area contributed by atoms with E-state index in [1.165, 1.54) is 0 Å². The second kappa shape index (κ2) is 5.45. The molecule has 0 aliphatic carbocycles. The first-order chi connectivity index (χ1) is 11.2. The number of nitrogens with zero attached hydrogens (tertiary/aromatic N) is 7. The Morgan fingerprint density at radius 2 is 2.04 bits per heavy atom. The Balaban J connectivity index is 1.36. The predicted molar refractivity (Wildman–Crippen MR) is 86.5 cm³/mol. The number of anilines is 2. The average molecular weight is 310 g/mol. The van der Waals surface area contributed by atoms with Gasteiger partial charge >= 0.3 is 0 Å². The van der Waals surface area contributed by atoms with E-state index in [2.05, 4.69) is 35.5 Å². The van der Waals surface area contributed by atoms with Crippen LogP contribution in [0.3, 0.4) is 0 Å². The van der Waals surface area contributed by atoms with Gasteiger partial charge < -0.3 is 10.2 Å². The molecule has 0 spiro atoms. The SMILES string of the molecule is Cc1cc(NCC2CN(c3ccc4nnc(C)n4n3)C2)ncn1. The number of nitrogens with one attached hydrogen (secondary N) is 1. The summed E-state index contributed by atoms with van der Waals surface area (Å²) in [6, 6.07) is 5.92. The largest absolute Gasteiger partial charge is 0.370 e. The van der Waals surface area contributed by atoms with Crippen LogP contribution in [0.1, 0.15) is 11.5 Å². The van der Waals surface area contributed by atoms with Gasteiger partial charge in [-0.2, -0.15) is 4.52 Å². The molecule has 0 amide bonds. The molecule has 0 radical (unpaired) electrons. The van der Waals surface area contributed by atoms with E-state index in [0.29, 0.717) is 5.92 Å². The number of aromatic nitrogens is 6. The fourth-order valence-corrected chi connectivity index (χ4v) is 2.74. The smallest absolute Gasteiger partial charge is 0.178 e. The molecule has 1 aliphatic heterocycles. The highest BCUT2D eigenvalue weighted by molar-refractivity contribution is 5.47. The van der Waals surface area contributed by atoms with Gasteiger partial charge in [-0.1, -0.05) is 0 Å². The Bertz CT molecular complexity index is 836. The minimum atomic E-state index is 0.588. The van der Waals surface area contributed by atoms with Crippen LogP contribution < -0.4 is 10.2 Å². The Kier molecular flexibility index (Phi) is 3.29. The molecular weight excluding hydrogens is 292 g/mol. The zero-order valence-electron chi connectivity index (χ0n) is 13.1. The van der Waals surface area contributed by atoms with Crippen molar-refractivity contribution in [3.8, 4) is 0 Å². The first kappa shape index (κ1) is 13.9. The van der Waals surface area contributed by atoms with Crippen molar-refractivity contribution in [2.75, 3.05) is 29.9 Å². The van der Waals surface area contributed by atoms with Gasteiger partial charge in [-0.25, -0.2) is 9.97 Å². The van der Waals surface area contributed by atoms with Crippen molar-refractivity contribution in [1.29, 1.82) is 0 Å². The third-order valence-corrected chi connectivity index (χ3v) is 4.06. The van der Waals surface area contributed by atoms with Crippen molar-refractivity contribution in [2.45, 2.75) is 13.8 Å². The molecular formula is C15H18N8. The molecule has 8 heteroatoms. The van der Waals surface area contributed by atoms with E-state index >= 15 is 0 Å².